The van der Waals surface area contributed by atoms with Gasteiger partial charge in [0.15, 0.2) is 23.0 Å². The number of methoxy groups -OCH3 is 4. The van der Waals surface area contributed by atoms with Crippen LogP contribution in [0.2, 0.25) is 0 Å². The minimum absolute atomic E-state index is 0.0773. The summed E-state index contributed by atoms with van der Waals surface area (Å²) in [5.74, 6) is 6.50. The topological polar surface area (TPSA) is 73.8 Å². The van der Waals surface area contributed by atoms with E-state index < -0.39 is 15.8 Å². The Balaban J connectivity index is 0.00000303. The number of ether oxygens (including phenoxy) is 8. The van der Waals surface area contributed by atoms with Crippen LogP contribution in [0.1, 0.15) is 211 Å². The molecule has 2 aliphatic rings. The van der Waals surface area contributed by atoms with E-state index in [0.29, 0.717) is 23.0 Å². The van der Waals surface area contributed by atoms with Crippen LogP contribution in [-0.4, -0.2) is 42.0 Å². The third kappa shape index (κ3) is 15.2. The second-order valence-corrected chi connectivity index (χ2v) is 36.5. The average molecular weight is 1650 g/mol. The Morgan fingerprint density at radius 2 is 0.489 bits per heavy atom. The third-order valence-corrected chi connectivity index (χ3v) is 22.0. The van der Waals surface area contributed by atoms with Gasteiger partial charge in [-0.1, -0.05) is 166 Å². The van der Waals surface area contributed by atoms with Crippen molar-refractivity contribution >= 4 is 66.0 Å². The fourth-order valence-corrected chi connectivity index (χ4v) is 17.9. The molecule has 0 saturated heterocycles. The van der Waals surface area contributed by atoms with Crippen molar-refractivity contribution in [3.05, 3.63) is 117 Å². The Morgan fingerprint density at radius 3 is 0.648 bits per heavy atom. The maximum absolute atomic E-state index is 6.99. The van der Waals surface area contributed by atoms with Gasteiger partial charge in [-0.15, -0.1) is 0 Å². The van der Waals surface area contributed by atoms with Gasteiger partial charge in [-0.05, 0) is 116 Å². The molecule has 2 aliphatic heterocycles. The monoisotopic (exact) mass is 1640 g/mol. The van der Waals surface area contributed by atoms with E-state index in [0.717, 1.165) is 89.2 Å². The van der Waals surface area contributed by atoms with Gasteiger partial charge < -0.3 is 37.9 Å². The fraction of sp³-hybridized carbons (Fsp3) is 0.514. The molecule has 0 atom stereocenters. The van der Waals surface area contributed by atoms with Crippen molar-refractivity contribution in [2.24, 2.45) is 0 Å². The molecule has 0 aromatic heterocycles. The van der Waals surface area contributed by atoms with Crippen LogP contribution in [0.15, 0.2) is 72.8 Å². The molecule has 0 saturated carbocycles. The molecule has 8 nitrogen and oxygen atoms in total. The molecule has 0 radical (unpaired) electrons. The first kappa shape index (κ1) is 73.7. The summed E-state index contributed by atoms with van der Waals surface area (Å²) < 4.78 is 53.2. The van der Waals surface area contributed by atoms with E-state index in [1.54, 1.807) is 40.0 Å². The second-order valence-electron chi connectivity index (χ2n) is 31.6. The van der Waals surface area contributed by atoms with E-state index in [-0.39, 0.29) is 56.9 Å². The standard InChI is InChI=1S/C74H100O8P2.2Au.2ClH/c1-67(2,3)47-33-43(34-48(61(47)75-25)68(4,5)6)83(44-35-49(69(7,8)9)62(76-26)50(36-44)70(10,11)12)57-31-29-55-65(81-41-79-55)59(57)60-58(32-30-56-66(60)82-42-80-56)84(45-37-51(71(13,14)15)63(77-27)52(38-45)72(16,17)18)46-39-53(73(19,20)21)64(78-28)54(40-46)74(22,23)24;;;;/h29-40H,41-42H2,1-28H3;;;2*1H/q;2*+1;;. The maximum atomic E-state index is 6.99. The molecule has 0 unspecified atom stereocenters. The number of hydrogen-bond acceptors (Lipinski definition) is 8. The molecular weight excluding hydrogens is 1540 g/mol. The van der Waals surface area contributed by atoms with E-state index in [4.69, 9.17) is 37.9 Å². The van der Waals surface area contributed by atoms with Gasteiger partial charge in [0.1, 0.15) is 54.8 Å². The van der Waals surface area contributed by atoms with Crippen LogP contribution in [0.25, 0.3) is 11.1 Å². The average Bonchev–Trinajstić information content (AvgIpc) is 1.38. The molecule has 0 amide bonds. The number of fused-ring (bicyclic) bond motifs is 2. The molecule has 6 aromatic carbocycles. The van der Waals surface area contributed by atoms with Crippen molar-refractivity contribution in [3.63, 3.8) is 0 Å². The SMILES string of the molecule is COc1c(C(C)(C)C)cc([PH+](c2cc(C(C)(C)C)c(OC)c(C(C)(C)C)c2)c2ccc3c(c2-c2c([PH+](c4cc(C(C)(C)C)c(OC)c(C(C)(C)C)c4)c4cc(C(C)(C)C)c(OC)c(C(C)(C)C)c4)ccc4c2OCO4)OCO3)cc1C(C)(C)C.[Cl][Au].[Cl][Au]. The molecule has 0 aliphatic carbocycles. The number of halogens is 2. The van der Waals surface area contributed by atoms with Crippen LogP contribution in [0, 0.1) is 0 Å². The van der Waals surface area contributed by atoms with E-state index in [9.17, 15) is 0 Å². The summed E-state index contributed by atoms with van der Waals surface area (Å²) >= 11 is 3.50. The van der Waals surface area contributed by atoms with Crippen molar-refractivity contribution in [1.29, 1.82) is 0 Å². The van der Waals surface area contributed by atoms with Gasteiger partial charge >= 0.3 is 58.4 Å². The number of hydrogen-bond donors (Lipinski definition) is 0. The summed E-state index contributed by atoms with van der Waals surface area (Å²) in [7, 11) is 12.2. The molecule has 14 heteroatoms. The number of rotatable bonds is 11. The van der Waals surface area contributed by atoms with Crippen LogP contribution in [0.5, 0.6) is 46.0 Å². The first-order valence-corrected chi connectivity index (χ1v) is 38.7. The molecule has 490 valence electrons. The van der Waals surface area contributed by atoms with Crippen LogP contribution >= 0.6 is 34.2 Å². The molecular formula is C74H102Au2Cl2O8P2+2. The van der Waals surface area contributed by atoms with Gasteiger partial charge in [-0.25, -0.2) is 0 Å². The summed E-state index contributed by atoms with van der Waals surface area (Å²) in [4.78, 5) is 0. The molecule has 8 rings (SSSR count). The Labute approximate surface area is 565 Å². The summed E-state index contributed by atoms with van der Waals surface area (Å²) in [6.45, 7) is 55.3. The zero-order valence-corrected chi connectivity index (χ0v) is 65.8. The minimum atomic E-state index is -2.12. The molecule has 0 fully saturated rings. The van der Waals surface area contributed by atoms with Crippen LogP contribution in [-0.2, 0) is 83.3 Å². The second kappa shape index (κ2) is 27.3. The zero-order chi connectivity index (χ0) is 66.6. The first-order valence-electron chi connectivity index (χ1n) is 30.3. The van der Waals surface area contributed by atoms with E-state index in [1.807, 2.05) is 28.4 Å². The van der Waals surface area contributed by atoms with Crippen molar-refractivity contribution in [1.82, 2.24) is 0 Å². The van der Waals surface area contributed by atoms with Crippen molar-refractivity contribution in [3.8, 4) is 57.1 Å². The van der Waals surface area contributed by atoms with Gasteiger partial charge in [0, 0.05) is 44.5 Å². The van der Waals surface area contributed by atoms with Gasteiger partial charge in [-0.2, -0.15) is 0 Å². The zero-order valence-electron chi connectivity index (χ0n) is 58.0. The van der Waals surface area contributed by atoms with E-state index >= 15 is 0 Å². The first-order chi connectivity index (χ1) is 40.6. The van der Waals surface area contributed by atoms with Gasteiger partial charge in [0.2, 0.25) is 13.6 Å². The fourth-order valence-electron chi connectivity index (χ4n) is 12.2. The van der Waals surface area contributed by atoms with Crippen LogP contribution in [0.4, 0.5) is 0 Å². The normalized spacial score (nSPS) is 13.7. The predicted molar refractivity (Wildman–Crippen MR) is 372 cm³/mol. The van der Waals surface area contributed by atoms with Gasteiger partial charge in [0.05, 0.1) is 55.4 Å². The van der Waals surface area contributed by atoms with Crippen LogP contribution in [0.3, 0.4) is 0 Å². The predicted octanol–water partition coefficient (Wildman–Crippen LogP) is 17.6. The van der Waals surface area contributed by atoms with E-state index in [1.165, 1.54) is 21.2 Å². The molecule has 0 bridgehead atoms. The summed E-state index contributed by atoms with van der Waals surface area (Å²) in [6.07, 6.45) is 0. The Bertz CT molecular complexity index is 2960. The van der Waals surface area contributed by atoms with Crippen molar-refractivity contribution in [2.75, 3.05) is 42.0 Å². The quantitative estimate of drug-likeness (QED) is 0.0938. The van der Waals surface area contributed by atoms with Gasteiger partial charge in [-0.3, -0.25) is 0 Å². The van der Waals surface area contributed by atoms with Crippen molar-refractivity contribution in [2.45, 2.75) is 209 Å². The molecule has 0 spiro atoms. The Morgan fingerprint density at radius 1 is 0.307 bits per heavy atom. The molecule has 88 heavy (non-hydrogen) atoms. The summed E-state index contributed by atoms with van der Waals surface area (Å²) in [5.41, 5.74) is 8.99. The number of benzene rings is 6. The molecule has 2 heterocycles. The third-order valence-electron chi connectivity index (χ3n) is 16.7. The molecule has 6 aromatic rings. The summed E-state index contributed by atoms with van der Waals surface area (Å²) in [6, 6.07) is 28.6. The van der Waals surface area contributed by atoms with Crippen LogP contribution < -0.4 is 69.7 Å². The molecule has 0 N–H and O–H groups in total. The van der Waals surface area contributed by atoms with Crippen molar-refractivity contribution < 1.29 is 77.9 Å². The van der Waals surface area contributed by atoms with Gasteiger partial charge in [0.25, 0.3) is 0 Å². The Kier molecular flexibility index (Phi) is 22.9. The van der Waals surface area contributed by atoms with E-state index in [2.05, 4.69) is 257 Å². The summed E-state index contributed by atoms with van der Waals surface area (Å²) in [5, 5.41) is 7.22. The Hall–Kier alpha value is -3.36.